The number of benzene rings is 2. The molecule has 3 N–H and O–H groups in total. The zero-order valence-corrected chi connectivity index (χ0v) is 18.6. The third-order valence-electron chi connectivity index (χ3n) is 5.56. The molecule has 33 heavy (non-hydrogen) atoms. The van der Waals surface area contributed by atoms with E-state index in [0.717, 1.165) is 11.2 Å². The molecule has 0 unspecified atom stereocenters. The van der Waals surface area contributed by atoms with Crippen LogP contribution in [-0.4, -0.2) is 28.0 Å². The summed E-state index contributed by atoms with van der Waals surface area (Å²) in [7, 11) is 0. The van der Waals surface area contributed by atoms with Crippen molar-refractivity contribution in [1.82, 2.24) is 9.55 Å². The molecule has 0 aliphatic carbocycles. The first kappa shape index (κ1) is 22.0. The lowest BCUT2D eigenvalue weighted by molar-refractivity contribution is 0.0527. The molecule has 4 aromatic rings. The number of carbonyl (C=O) groups is 2. The van der Waals surface area contributed by atoms with Gasteiger partial charge in [0.05, 0.1) is 23.3 Å². The number of fused-ring (bicyclic) bond motifs is 2. The molecule has 4 rings (SSSR count). The van der Waals surface area contributed by atoms with Gasteiger partial charge < -0.3 is 20.4 Å². The molecule has 1 amide bonds. The predicted octanol–water partition coefficient (Wildman–Crippen LogP) is 3.89. The second kappa shape index (κ2) is 8.74. The van der Waals surface area contributed by atoms with E-state index in [1.807, 2.05) is 18.4 Å². The average Bonchev–Trinajstić information content (AvgIpc) is 2.80. The summed E-state index contributed by atoms with van der Waals surface area (Å²) in [5.74, 6) is -0.921. The van der Waals surface area contributed by atoms with Crippen LogP contribution in [0.3, 0.4) is 0 Å². The second-order valence-corrected chi connectivity index (χ2v) is 7.62. The van der Waals surface area contributed by atoms with Crippen LogP contribution in [0.2, 0.25) is 0 Å². The van der Waals surface area contributed by atoms with E-state index in [1.165, 1.54) is 6.20 Å². The Hall–Kier alpha value is -4.20. The maximum absolute atomic E-state index is 12.9. The summed E-state index contributed by atoms with van der Waals surface area (Å²) in [5.41, 5.74) is 9.55. The summed E-state index contributed by atoms with van der Waals surface area (Å²) >= 11 is 0. The van der Waals surface area contributed by atoms with Crippen LogP contribution in [0, 0.1) is 6.92 Å². The van der Waals surface area contributed by atoms with Gasteiger partial charge in [0, 0.05) is 46.5 Å². The number of aryl methyl sites for hydroxylation is 2. The Morgan fingerprint density at radius 3 is 2.61 bits per heavy atom. The molecule has 2 aromatic heterocycles. The fourth-order valence-corrected chi connectivity index (χ4v) is 3.93. The van der Waals surface area contributed by atoms with Crippen molar-refractivity contribution in [2.24, 2.45) is 0 Å². The van der Waals surface area contributed by atoms with Gasteiger partial charge in [-0.1, -0.05) is 0 Å². The van der Waals surface area contributed by atoms with Crippen LogP contribution >= 0.6 is 0 Å². The number of hydrogen-bond acceptors (Lipinski definition) is 6. The summed E-state index contributed by atoms with van der Waals surface area (Å²) in [4.78, 5) is 41.8. The topological polar surface area (TPSA) is 116 Å². The number of nitrogens with one attached hydrogen (secondary N) is 1. The van der Waals surface area contributed by atoms with E-state index in [2.05, 4.69) is 10.3 Å². The van der Waals surface area contributed by atoms with Crippen LogP contribution in [0.15, 0.2) is 53.5 Å². The summed E-state index contributed by atoms with van der Waals surface area (Å²) in [6, 6.07) is 11.7. The van der Waals surface area contributed by atoms with E-state index in [0.29, 0.717) is 34.1 Å². The number of anilines is 2. The lowest BCUT2D eigenvalue weighted by atomic mass is 10.1. The minimum atomic E-state index is -0.553. The van der Waals surface area contributed by atoms with Gasteiger partial charge in [0.1, 0.15) is 5.56 Å². The molecule has 0 fully saturated rings. The van der Waals surface area contributed by atoms with Gasteiger partial charge in [0.2, 0.25) is 0 Å². The summed E-state index contributed by atoms with van der Waals surface area (Å²) in [5, 5.41) is 3.84. The third kappa shape index (κ3) is 4.03. The predicted molar refractivity (Wildman–Crippen MR) is 129 cm³/mol. The first-order chi connectivity index (χ1) is 15.8. The Labute approximate surface area is 190 Å². The fourth-order valence-electron chi connectivity index (χ4n) is 3.93. The monoisotopic (exact) mass is 444 g/mol. The lowest BCUT2D eigenvalue weighted by Crippen LogP contribution is -2.15. The molecule has 2 aromatic carbocycles. The van der Waals surface area contributed by atoms with Crippen molar-refractivity contribution in [2.75, 3.05) is 17.7 Å². The Kier molecular flexibility index (Phi) is 5.83. The molecule has 168 valence electrons. The quantitative estimate of drug-likeness (QED) is 0.451. The zero-order chi connectivity index (χ0) is 23.7. The molecule has 0 spiro atoms. The van der Waals surface area contributed by atoms with Crippen LogP contribution in [0.4, 0.5) is 11.4 Å². The number of esters is 1. The molecular formula is C25H24N4O4. The van der Waals surface area contributed by atoms with E-state index in [-0.39, 0.29) is 29.2 Å². The van der Waals surface area contributed by atoms with Gasteiger partial charge in [0.25, 0.3) is 5.91 Å². The average molecular weight is 444 g/mol. The number of aromatic nitrogens is 2. The molecular weight excluding hydrogens is 420 g/mol. The SMILES string of the molecule is CCOC(=O)c1cnc2ccc(NC(=O)c3ccc4c(c3)c(=O)cc(C)n4CC)cc2c1N. The van der Waals surface area contributed by atoms with E-state index in [9.17, 15) is 14.4 Å². The van der Waals surface area contributed by atoms with Crippen LogP contribution in [0.5, 0.6) is 0 Å². The molecule has 0 radical (unpaired) electrons. The molecule has 0 aliphatic rings. The van der Waals surface area contributed by atoms with Crippen molar-refractivity contribution in [3.05, 3.63) is 75.7 Å². The fraction of sp³-hybridized carbons (Fsp3) is 0.200. The Morgan fingerprint density at radius 2 is 1.88 bits per heavy atom. The Morgan fingerprint density at radius 1 is 1.09 bits per heavy atom. The van der Waals surface area contributed by atoms with Gasteiger partial charge in [-0.3, -0.25) is 14.6 Å². The van der Waals surface area contributed by atoms with Crippen LogP contribution in [0.1, 0.15) is 40.3 Å². The van der Waals surface area contributed by atoms with E-state index >= 15 is 0 Å². The molecule has 2 heterocycles. The lowest BCUT2D eigenvalue weighted by Gasteiger charge is -2.13. The molecule has 0 saturated carbocycles. The summed E-state index contributed by atoms with van der Waals surface area (Å²) < 4.78 is 7.05. The maximum atomic E-state index is 12.9. The standard InChI is InChI=1S/C25H24N4O4/c1-4-29-14(3)10-22(30)18-11-15(6-9-21(18)29)24(31)28-16-7-8-20-17(12-16)23(26)19(13-27-20)25(32)33-5-2/h6-13H,4-5H2,1-3H3,(H2,26,27)(H,28,31). The van der Waals surface area contributed by atoms with Gasteiger partial charge in [-0.05, 0) is 57.2 Å². The van der Waals surface area contributed by atoms with E-state index < -0.39 is 5.97 Å². The number of amides is 1. The molecule has 0 bridgehead atoms. The number of hydrogen-bond donors (Lipinski definition) is 2. The van der Waals surface area contributed by atoms with Gasteiger partial charge >= 0.3 is 5.97 Å². The summed E-state index contributed by atoms with van der Waals surface area (Å²) in [6.45, 7) is 6.54. The third-order valence-corrected chi connectivity index (χ3v) is 5.56. The van der Waals surface area contributed by atoms with Crippen molar-refractivity contribution in [1.29, 1.82) is 0 Å². The highest BCUT2D eigenvalue weighted by Gasteiger charge is 2.16. The normalized spacial score (nSPS) is 11.0. The number of nitrogens with zero attached hydrogens (tertiary/aromatic N) is 2. The molecule has 8 nitrogen and oxygen atoms in total. The van der Waals surface area contributed by atoms with Gasteiger partial charge in [0.15, 0.2) is 5.43 Å². The van der Waals surface area contributed by atoms with Gasteiger partial charge in [-0.2, -0.15) is 0 Å². The number of nitrogens with two attached hydrogens (primary N) is 1. The van der Waals surface area contributed by atoms with Crippen LogP contribution < -0.4 is 16.5 Å². The van der Waals surface area contributed by atoms with Crippen LogP contribution in [-0.2, 0) is 11.3 Å². The van der Waals surface area contributed by atoms with Gasteiger partial charge in [-0.25, -0.2) is 4.79 Å². The van der Waals surface area contributed by atoms with Crippen molar-refractivity contribution in [3.63, 3.8) is 0 Å². The first-order valence-corrected chi connectivity index (χ1v) is 10.6. The molecule has 8 heteroatoms. The second-order valence-electron chi connectivity index (χ2n) is 7.62. The minimum absolute atomic E-state index is 0.127. The smallest absolute Gasteiger partial charge is 0.341 e. The minimum Gasteiger partial charge on any atom is -0.462 e. The highest BCUT2D eigenvalue weighted by molar-refractivity contribution is 6.09. The number of carbonyl (C=O) groups excluding carboxylic acids is 2. The highest BCUT2D eigenvalue weighted by Crippen LogP contribution is 2.27. The summed E-state index contributed by atoms with van der Waals surface area (Å²) in [6.07, 6.45) is 1.38. The maximum Gasteiger partial charge on any atom is 0.341 e. The Bertz CT molecular complexity index is 1470. The van der Waals surface area contributed by atoms with E-state index in [4.69, 9.17) is 10.5 Å². The number of ether oxygens (including phenoxy) is 1. The van der Waals surface area contributed by atoms with Gasteiger partial charge in [-0.15, -0.1) is 0 Å². The number of rotatable bonds is 5. The Balaban J connectivity index is 1.69. The zero-order valence-electron chi connectivity index (χ0n) is 18.6. The van der Waals surface area contributed by atoms with Crippen molar-refractivity contribution >= 4 is 45.1 Å². The molecule has 0 atom stereocenters. The van der Waals surface area contributed by atoms with Crippen molar-refractivity contribution < 1.29 is 14.3 Å². The van der Waals surface area contributed by atoms with Crippen LogP contribution in [0.25, 0.3) is 21.8 Å². The van der Waals surface area contributed by atoms with Crippen molar-refractivity contribution in [2.45, 2.75) is 27.3 Å². The van der Waals surface area contributed by atoms with Crippen molar-refractivity contribution in [3.8, 4) is 0 Å². The number of nitrogen functional groups attached to an aromatic ring is 1. The van der Waals surface area contributed by atoms with E-state index in [1.54, 1.807) is 49.4 Å². The molecule has 0 aliphatic heterocycles. The first-order valence-electron chi connectivity index (χ1n) is 10.6. The highest BCUT2D eigenvalue weighted by atomic mass is 16.5. The largest absolute Gasteiger partial charge is 0.462 e. The molecule has 0 saturated heterocycles. The number of pyridine rings is 2.